The normalized spacial score (nSPS) is 11.7. The summed E-state index contributed by atoms with van der Waals surface area (Å²) >= 11 is 0. The molecule has 49 heavy (non-hydrogen) atoms. The van der Waals surface area contributed by atoms with E-state index in [1.165, 1.54) is 49.0 Å². The lowest BCUT2D eigenvalue weighted by Crippen LogP contribution is -1.98. The smallest absolute Gasteiger partial charge is 0.121 e. The molecule has 0 bridgehead atoms. The largest absolute Gasteiger partial charge is 0.264 e. The molecule has 4 heteroatoms. The summed E-state index contributed by atoms with van der Waals surface area (Å²) in [6.45, 7) is 0. The Kier molecular flexibility index (Phi) is 6.15. The van der Waals surface area contributed by atoms with Crippen molar-refractivity contribution in [1.82, 2.24) is 20.0 Å². The van der Waals surface area contributed by atoms with Crippen LogP contribution < -0.4 is 0 Å². The molecule has 0 aliphatic rings. The highest BCUT2D eigenvalue weighted by atomic mass is 15.5. The predicted octanol–water partition coefficient (Wildman–Crippen LogP) is 11.4. The Morgan fingerprint density at radius 3 is 1.71 bits per heavy atom. The topological polar surface area (TPSA) is 43.6 Å². The molecule has 0 saturated heterocycles. The minimum Gasteiger partial charge on any atom is -0.264 e. The van der Waals surface area contributed by atoms with E-state index < -0.39 is 0 Å². The van der Waals surface area contributed by atoms with E-state index in [0.29, 0.717) is 0 Å². The van der Waals surface area contributed by atoms with Crippen molar-refractivity contribution >= 4 is 54.1 Å². The summed E-state index contributed by atoms with van der Waals surface area (Å²) < 4.78 is 0. The molecule has 0 saturated carbocycles. The average Bonchev–Trinajstić information content (AvgIpc) is 3.62. The molecule has 0 aliphatic carbocycles. The molecule has 2 aromatic heterocycles. The van der Waals surface area contributed by atoms with E-state index in [0.717, 1.165) is 44.2 Å². The highest BCUT2D eigenvalue weighted by Crippen LogP contribution is 2.46. The second-order valence-electron chi connectivity index (χ2n) is 12.5. The molecule has 10 aromatic rings. The molecule has 0 aliphatic heterocycles. The van der Waals surface area contributed by atoms with Gasteiger partial charge < -0.3 is 0 Å². The monoisotopic (exact) mass is 624 g/mol. The first-order valence-electron chi connectivity index (χ1n) is 16.5. The van der Waals surface area contributed by atoms with E-state index >= 15 is 0 Å². The van der Waals surface area contributed by atoms with Crippen molar-refractivity contribution < 1.29 is 0 Å². The van der Waals surface area contributed by atoms with Gasteiger partial charge >= 0.3 is 0 Å². The number of nitrogens with zero attached hydrogens (tertiary/aromatic N) is 4. The van der Waals surface area contributed by atoms with E-state index in [4.69, 9.17) is 10.2 Å². The van der Waals surface area contributed by atoms with Crippen molar-refractivity contribution in [3.05, 3.63) is 170 Å². The zero-order chi connectivity index (χ0) is 32.3. The molecular formula is C45H28N4. The molecule has 0 amide bonds. The molecule has 0 N–H and O–H groups in total. The summed E-state index contributed by atoms with van der Waals surface area (Å²) in [7, 11) is 0. The Morgan fingerprint density at radius 2 is 1.02 bits per heavy atom. The number of benzene rings is 8. The maximum atomic E-state index is 5.07. The number of pyridine rings is 1. The van der Waals surface area contributed by atoms with Gasteiger partial charge in [0.25, 0.3) is 0 Å². The quantitative estimate of drug-likeness (QED) is 0.183. The van der Waals surface area contributed by atoms with Crippen molar-refractivity contribution in [3.8, 4) is 39.1 Å². The molecule has 0 radical (unpaired) electrons. The number of fused-ring (bicyclic) bond motifs is 6. The Bertz CT molecular complexity index is 2810. The van der Waals surface area contributed by atoms with Crippen molar-refractivity contribution in [3.63, 3.8) is 0 Å². The fourth-order valence-electron chi connectivity index (χ4n) is 7.46. The highest BCUT2D eigenvalue weighted by molar-refractivity contribution is 6.25. The zero-order valence-corrected chi connectivity index (χ0v) is 26.5. The zero-order valence-electron chi connectivity index (χ0n) is 26.5. The summed E-state index contributed by atoms with van der Waals surface area (Å²) in [5.74, 6) is 0. The lowest BCUT2D eigenvalue weighted by Gasteiger charge is -2.19. The Hall–Kier alpha value is -6.65. The number of aromatic nitrogens is 4. The lowest BCUT2D eigenvalue weighted by molar-refractivity contribution is 0.766. The minimum absolute atomic E-state index is 0.858. The maximum absolute atomic E-state index is 5.07. The second kappa shape index (κ2) is 11.0. The third kappa shape index (κ3) is 4.42. The van der Waals surface area contributed by atoms with E-state index in [-0.39, 0.29) is 0 Å². The van der Waals surface area contributed by atoms with Crippen LogP contribution in [0.5, 0.6) is 0 Å². The maximum Gasteiger partial charge on any atom is 0.121 e. The summed E-state index contributed by atoms with van der Waals surface area (Å²) in [4.78, 5) is 6.03. The van der Waals surface area contributed by atoms with Gasteiger partial charge in [-0.1, -0.05) is 127 Å². The summed E-state index contributed by atoms with van der Waals surface area (Å²) in [5, 5.41) is 19.7. The number of hydrogen-bond acceptors (Lipinski definition) is 3. The van der Waals surface area contributed by atoms with Crippen LogP contribution in [0.15, 0.2) is 170 Å². The van der Waals surface area contributed by atoms with E-state index in [1.54, 1.807) is 11.0 Å². The Morgan fingerprint density at radius 1 is 0.408 bits per heavy atom. The van der Waals surface area contributed by atoms with Crippen LogP contribution in [0.1, 0.15) is 0 Å². The SMILES string of the molecule is c1cncc(-c2ccc(-n3nc4cc(-c5c6ccccc6c(-c6ccc7ccccc7c6)c6ccccc56)c5ccccc5c4n3)cc2)c1. The van der Waals surface area contributed by atoms with Crippen LogP contribution >= 0.6 is 0 Å². The van der Waals surface area contributed by atoms with E-state index in [1.807, 2.05) is 12.3 Å². The molecule has 0 atom stereocenters. The van der Waals surface area contributed by atoms with Crippen LogP contribution in [-0.2, 0) is 0 Å². The predicted molar refractivity (Wildman–Crippen MR) is 203 cm³/mol. The van der Waals surface area contributed by atoms with Crippen molar-refractivity contribution in [2.24, 2.45) is 0 Å². The molecule has 10 rings (SSSR count). The molecule has 228 valence electrons. The van der Waals surface area contributed by atoms with Gasteiger partial charge in [0, 0.05) is 17.8 Å². The van der Waals surface area contributed by atoms with Gasteiger partial charge in [0.05, 0.1) is 5.69 Å². The Labute approximate surface area is 282 Å². The van der Waals surface area contributed by atoms with Gasteiger partial charge in [-0.15, -0.1) is 10.2 Å². The van der Waals surface area contributed by atoms with Crippen molar-refractivity contribution in [2.75, 3.05) is 0 Å². The molecule has 0 unspecified atom stereocenters. The third-order valence-electron chi connectivity index (χ3n) is 9.73. The summed E-state index contributed by atoms with van der Waals surface area (Å²) in [6, 6.07) is 56.2. The first-order valence-corrected chi connectivity index (χ1v) is 16.5. The highest BCUT2D eigenvalue weighted by Gasteiger charge is 2.20. The first kappa shape index (κ1) is 27.5. The fourth-order valence-corrected chi connectivity index (χ4v) is 7.46. The fraction of sp³-hybridized carbons (Fsp3) is 0. The van der Waals surface area contributed by atoms with Gasteiger partial charge in [0.15, 0.2) is 0 Å². The first-order chi connectivity index (χ1) is 24.3. The number of hydrogen-bond donors (Lipinski definition) is 0. The number of rotatable bonds is 4. The van der Waals surface area contributed by atoms with E-state index in [2.05, 4.69) is 157 Å². The van der Waals surface area contributed by atoms with Gasteiger partial charge in [-0.2, -0.15) is 4.80 Å². The summed E-state index contributed by atoms with van der Waals surface area (Å²) in [5.41, 5.74) is 9.67. The Balaban J connectivity index is 1.21. The minimum atomic E-state index is 0.858. The van der Waals surface area contributed by atoms with Crippen LogP contribution in [0.25, 0.3) is 93.2 Å². The van der Waals surface area contributed by atoms with Gasteiger partial charge in [-0.05, 0) is 101 Å². The van der Waals surface area contributed by atoms with Crippen LogP contribution in [0, 0.1) is 0 Å². The average molecular weight is 625 g/mol. The van der Waals surface area contributed by atoms with Gasteiger partial charge in [0.2, 0.25) is 0 Å². The molecule has 2 heterocycles. The van der Waals surface area contributed by atoms with Gasteiger partial charge in [-0.3, -0.25) is 4.98 Å². The van der Waals surface area contributed by atoms with E-state index in [9.17, 15) is 0 Å². The molecule has 4 nitrogen and oxygen atoms in total. The van der Waals surface area contributed by atoms with Gasteiger partial charge in [-0.25, -0.2) is 0 Å². The van der Waals surface area contributed by atoms with Crippen molar-refractivity contribution in [2.45, 2.75) is 0 Å². The molecule has 0 fully saturated rings. The van der Waals surface area contributed by atoms with Crippen LogP contribution in [0.3, 0.4) is 0 Å². The van der Waals surface area contributed by atoms with Crippen LogP contribution in [0.2, 0.25) is 0 Å². The van der Waals surface area contributed by atoms with Crippen molar-refractivity contribution in [1.29, 1.82) is 0 Å². The third-order valence-corrected chi connectivity index (χ3v) is 9.73. The molecule has 8 aromatic carbocycles. The van der Waals surface area contributed by atoms with Crippen LogP contribution in [0.4, 0.5) is 0 Å². The summed E-state index contributed by atoms with van der Waals surface area (Å²) in [6.07, 6.45) is 3.67. The van der Waals surface area contributed by atoms with Gasteiger partial charge in [0.1, 0.15) is 11.0 Å². The van der Waals surface area contributed by atoms with Crippen LogP contribution in [-0.4, -0.2) is 20.0 Å². The molecule has 0 spiro atoms. The molecular weight excluding hydrogens is 597 g/mol. The standard InChI is InChI=1S/C45H28N4/c1-2-11-31-26-32(20-19-29(31)10-1)43-36-14-4-6-16-38(36)44(39-17-7-5-15-37(39)43)41-27-42-45(40-18-8-3-13-35(40)41)48-49(47-42)34-23-21-30(22-24-34)33-12-9-25-46-28-33/h1-28H. The lowest BCUT2D eigenvalue weighted by atomic mass is 9.84. The second-order valence-corrected chi connectivity index (χ2v) is 12.5.